The first kappa shape index (κ1) is 12.9. The molecule has 6 heteroatoms. The Morgan fingerprint density at radius 3 is 2.68 bits per heavy atom. The van der Waals surface area contributed by atoms with Crippen LogP contribution in [0, 0.1) is 10.1 Å². The SMILES string of the molecule is CCNc1cc([N+](=O)[O-])cc(Cc2ccncc2)n1. The Hall–Kier alpha value is -2.50. The molecular formula is C13H14N4O2. The number of nitro groups is 1. The van der Waals surface area contributed by atoms with E-state index in [0.29, 0.717) is 24.5 Å². The fourth-order valence-corrected chi connectivity index (χ4v) is 1.75. The molecule has 0 unspecified atom stereocenters. The topological polar surface area (TPSA) is 81.0 Å². The molecule has 0 saturated heterocycles. The Bertz CT molecular complexity index is 572. The van der Waals surface area contributed by atoms with Crippen molar-refractivity contribution in [3.05, 3.63) is 58.0 Å². The molecule has 2 aromatic rings. The second-order valence-electron chi connectivity index (χ2n) is 4.02. The van der Waals surface area contributed by atoms with Crippen LogP contribution in [0.2, 0.25) is 0 Å². The lowest BCUT2D eigenvalue weighted by molar-refractivity contribution is -0.384. The van der Waals surface area contributed by atoms with Crippen LogP contribution < -0.4 is 5.32 Å². The molecule has 0 spiro atoms. The summed E-state index contributed by atoms with van der Waals surface area (Å²) in [6.07, 6.45) is 3.93. The second-order valence-corrected chi connectivity index (χ2v) is 4.02. The van der Waals surface area contributed by atoms with Gasteiger partial charge in [-0.05, 0) is 24.6 Å². The number of aromatic nitrogens is 2. The van der Waals surface area contributed by atoms with E-state index in [0.717, 1.165) is 5.56 Å². The van der Waals surface area contributed by atoms with Gasteiger partial charge < -0.3 is 5.32 Å². The molecule has 98 valence electrons. The van der Waals surface area contributed by atoms with Gasteiger partial charge in [-0.15, -0.1) is 0 Å². The van der Waals surface area contributed by atoms with Crippen LogP contribution in [0.3, 0.4) is 0 Å². The van der Waals surface area contributed by atoms with Crippen molar-refractivity contribution >= 4 is 11.5 Å². The maximum absolute atomic E-state index is 10.9. The molecule has 0 saturated carbocycles. The lowest BCUT2D eigenvalue weighted by Crippen LogP contribution is -2.03. The highest BCUT2D eigenvalue weighted by atomic mass is 16.6. The summed E-state index contributed by atoms with van der Waals surface area (Å²) in [7, 11) is 0. The molecule has 2 heterocycles. The summed E-state index contributed by atoms with van der Waals surface area (Å²) < 4.78 is 0. The highest BCUT2D eigenvalue weighted by Crippen LogP contribution is 2.19. The van der Waals surface area contributed by atoms with Crippen molar-refractivity contribution in [3.63, 3.8) is 0 Å². The largest absolute Gasteiger partial charge is 0.370 e. The average Bonchev–Trinajstić information content (AvgIpc) is 2.40. The third kappa shape index (κ3) is 3.48. The molecule has 0 radical (unpaired) electrons. The van der Waals surface area contributed by atoms with Crippen LogP contribution in [0.25, 0.3) is 0 Å². The minimum absolute atomic E-state index is 0.0509. The first-order valence-corrected chi connectivity index (χ1v) is 5.97. The molecule has 0 aliphatic carbocycles. The lowest BCUT2D eigenvalue weighted by atomic mass is 10.1. The van der Waals surface area contributed by atoms with Crippen LogP contribution >= 0.6 is 0 Å². The van der Waals surface area contributed by atoms with Crippen LogP contribution in [0.15, 0.2) is 36.7 Å². The van der Waals surface area contributed by atoms with Gasteiger partial charge in [0.2, 0.25) is 0 Å². The zero-order valence-electron chi connectivity index (χ0n) is 10.5. The van der Waals surface area contributed by atoms with Crippen LogP contribution in [-0.2, 0) is 6.42 Å². The third-order valence-electron chi connectivity index (χ3n) is 2.57. The average molecular weight is 258 g/mol. The predicted molar refractivity (Wildman–Crippen MR) is 72.1 cm³/mol. The predicted octanol–water partition coefficient (Wildman–Crippen LogP) is 2.41. The van der Waals surface area contributed by atoms with Gasteiger partial charge in [0.25, 0.3) is 5.69 Å². The van der Waals surface area contributed by atoms with E-state index < -0.39 is 4.92 Å². The van der Waals surface area contributed by atoms with E-state index in [4.69, 9.17) is 0 Å². The van der Waals surface area contributed by atoms with Gasteiger partial charge in [0.05, 0.1) is 16.7 Å². The van der Waals surface area contributed by atoms with Crippen molar-refractivity contribution in [1.29, 1.82) is 0 Å². The summed E-state index contributed by atoms with van der Waals surface area (Å²) in [4.78, 5) is 18.8. The van der Waals surface area contributed by atoms with Gasteiger partial charge >= 0.3 is 0 Å². The standard InChI is InChI=1S/C13H14N4O2/c1-2-15-13-9-12(17(18)19)8-11(16-13)7-10-3-5-14-6-4-10/h3-6,8-9H,2,7H2,1H3,(H,15,16). The van der Waals surface area contributed by atoms with E-state index in [1.54, 1.807) is 12.4 Å². The van der Waals surface area contributed by atoms with Crippen LogP contribution in [0.4, 0.5) is 11.5 Å². The van der Waals surface area contributed by atoms with Crippen molar-refractivity contribution in [1.82, 2.24) is 9.97 Å². The van der Waals surface area contributed by atoms with Crippen molar-refractivity contribution in [2.24, 2.45) is 0 Å². The maximum Gasteiger partial charge on any atom is 0.274 e. The number of nitrogens with one attached hydrogen (secondary N) is 1. The van der Waals surface area contributed by atoms with Gasteiger partial charge in [-0.25, -0.2) is 4.98 Å². The number of nitrogens with zero attached hydrogens (tertiary/aromatic N) is 3. The number of pyridine rings is 2. The fourth-order valence-electron chi connectivity index (χ4n) is 1.75. The monoisotopic (exact) mass is 258 g/mol. The Morgan fingerprint density at radius 2 is 2.05 bits per heavy atom. The Kier molecular flexibility index (Phi) is 4.02. The van der Waals surface area contributed by atoms with Gasteiger partial charge in [-0.1, -0.05) is 0 Å². The highest BCUT2D eigenvalue weighted by molar-refractivity contribution is 5.47. The van der Waals surface area contributed by atoms with Crippen molar-refractivity contribution in [2.75, 3.05) is 11.9 Å². The van der Waals surface area contributed by atoms with Crippen molar-refractivity contribution in [3.8, 4) is 0 Å². The van der Waals surface area contributed by atoms with E-state index in [2.05, 4.69) is 15.3 Å². The van der Waals surface area contributed by atoms with Gasteiger partial charge in [0.15, 0.2) is 0 Å². The zero-order valence-corrected chi connectivity index (χ0v) is 10.5. The minimum Gasteiger partial charge on any atom is -0.370 e. The van der Waals surface area contributed by atoms with E-state index in [1.165, 1.54) is 12.1 Å². The molecule has 6 nitrogen and oxygen atoms in total. The maximum atomic E-state index is 10.9. The fraction of sp³-hybridized carbons (Fsp3) is 0.231. The molecule has 2 rings (SSSR count). The summed E-state index contributed by atoms with van der Waals surface area (Å²) >= 11 is 0. The van der Waals surface area contributed by atoms with Crippen LogP contribution in [-0.4, -0.2) is 21.4 Å². The van der Waals surface area contributed by atoms with Crippen molar-refractivity contribution < 1.29 is 4.92 Å². The van der Waals surface area contributed by atoms with Crippen molar-refractivity contribution in [2.45, 2.75) is 13.3 Å². The quantitative estimate of drug-likeness (QED) is 0.658. The molecule has 0 aromatic carbocycles. The van der Waals surface area contributed by atoms with E-state index >= 15 is 0 Å². The Labute approximate surface area is 110 Å². The van der Waals surface area contributed by atoms with Gasteiger partial charge in [-0.2, -0.15) is 0 Å². The smallest absolute Gasteiger partial charge is 0.274 e. The first-order chi connectivity index (χ1) is 9.19. The molecule has 19 heavy (non-hydrogen) atoms. The molecule has 0 bridgehead atoms. The summed E-state index contributed by atoms with van der Waals surface area (Å²) in [5.74, 6) is 0.528. The van der Waals surface area contributed by atoms with E-state index in [1.807, 2.05) is 19.1 Å². The molecule has 0 aliphatic heterocycles. The summed E-state index contributed by atoms with van der Waals surface area (Å²) in [5, 5.41) is 13.9. The van der Waals surface area contributed by atoms with Gasteiger partial charge in [0, 0.05) is 31.4 Å². The zero-order chi connectivity index (χ0) is 13.7. The first-order valence-electron chi connectivity index (χ1n) is 5.97. The van der Waals surface area contributed by atoms with Gasteiger partial charge in [0.1, 0.15) is 5.82 Å². The number of rotatable bonds is 5. The van der Waals surface area contributed by atoms with E-state index in [-0.39, 0.29) is 5.69 Å². The molecule has 0 amide bonds. The van der Waals surface area contributed by atoms with E-state index in [9.17, 15) is 10.1 Å². The number of hydrogen-bond acceptors (Lipinski definition) is 5. The molecule has 1 N–H and O–H groups in total. The molecule has 0 atom stereocenters. The summed E-state index contributed by atoms with van der Waals surface area (Å²) in [5.41, 5.74) is 1.73. The molecule has 0 aliphatic rings. The number of hydrogen-bond donors (Lipinski definition) is 1. The van der Waals surface area contributed by atoms with Gasteiger partial charge in [-0.3, -0.25) is 15.1 Å². The minimum atomic E-state index is -0.404. The molecule has 2 aromatic heterocycles. The highest BCUT2D eigenvalue weighted by Gasteiger charge is 2.11. The van der Waals surface area contributed by atoms with Crippen LogP contribution in [0.1, 0.15) is 18.2 Å². The summed E-state index contributed by atoms with van der Waals surface area (Å²) in [6, 6.07) is 6.68. The molecular weight excluding hydrogens is 244 g/mol. The Morgan fingerprint density at radius 1 is 1.32 bits per heavy atom. The number of anilines is 1. The Balaban J connectivity index is 2.31. The second kappa shape index (κ2) is 5.90. The summed E-state index contributed by atoms with van der Waals surface area (Å²) in [6.45, 7) is 2.59. The molecule has 0 fully saturated rings. The lowest BCUT2D eigenvalue weighted by Gasteiger charge is -2.06. The normalized spacial score (nSPS) is 10.2. The van der Waals surface area contributed by atoms with Crippen LogP contribution in [0.5, 0.6) is 0 Å². The third-order valence-corrected chi connectivity index (χ3v) is 2.57.